The van der Waals surface area contributed by atoms with Crippen molar-refractivity contribution < 1.29 is 27.4 Å². The Morgan fingerprint density at radius 2 is 2.08 bits per heavy atom. The summed E-state index contributed by atoms with van der Waals surface area (Å²) in [6.07, 6.45) is 0. The summed E-state index contributed by atoms with van der Waals surface area (Å²) in [4.78, 5) is 12.4. The topological polar surface area (TPSA) is 103 Å². The molecule has 0 saturated heterocycles. The first-order chi connectivity index (χ1) is 11.4. The summed E-state index contributed by atoms with van der Waals surface area (Å²) >= 11 is 0. The highest BCUT2D eigenvalue weighted by molar-refractivity contribution is 7.92. The van der Waals surface area contributed by atoms with Crippen LogP contribution < -0.4 is 9.47 Å². The number of benzene rings is 1. The van der Waals surface area contributed by atoms with Crippen LogP contribution in [0.5, 0.6) is 11.5 Å². The zero-order valence-electron chi connectivity index (χ0n) is 13.3. The molecule has 0 N–H and O–H groups in total. The lowest BCUT2D eigenvalue weighted by Crippen LogP contribution is -2.26. The van der Waals surface area contributed by atoms with Crippen LogP contribution in [0.2, 0.25) is 0 Å². The number of hydrogen-bond donors (Lipinski definition) is 0. The van der Waals surface area contributed by atoms with Gasteiger partial charge in [0.15, 0.2) is 26.8 Å². The summed E-state index contributed by atoms with van der Waals surface area (Å²) in [5.74, 6) is -0.699. The van der Waals surface area contributed by atoms with E-state index in [2.05, 4.69) is 0 Å². The van der Waals surface area contributed by atoms with E-state index in [0.29, 0.717) is 17.1 Å². The van der Waals surface area contributed by atoms with Gasteiger partial charge in [-0.25, -0.2) is 8.42 Å². The third kappa shape index (κ3) is 2.23. The average Bonchev–Trinajstić information content (AvgIpc) is 3.07. The molecule has 1 saturated carbocycles. The molecule has 1 aliphatic carbocycles. The van der Waals surface area contributed by atoms with E-state index in [0.717, 1.165) is 0 Å². The first-order valence-corrected chi connectivity index (χ1v) is 9.33. The molecular formula is C16H17NO6S. The molecule has 1 fully saturated rings. The van der Waals surface area contributed by atoms with Gasteiger partial charge in [-0.15, -0.1) is 0 Å². The minimum Gasteiger partial charge on any atom is -0.465 e. The molecule has 3 atom stereocenters. The smallest absolute Gasteiger partial charge is 0.328 e. The second-order valence-corrected chi connectivity index (χ2v) is 8.07. The average molecular weight is 351 g/mol. The maximum Gasteiger partial charge on any atom is 0.328 e. The molecule has 0 spiro atoms. The standard InChI is InChI=1S/C16H17NO6S/c1-3-21-15(18)16(8-17)13(14(16)24(19,20)4-2)10-5-6-11-12(7-10)23-9-22-11/h5-7,13-14H,3-4,9H2,1-2H3/t13-,14-,16-/m1/s1. The van der Waals surface area contributed by atoms with Crippen molar-refractivity contribution >= 4 is 15.8 Å². The molecule has 128 valence electrons. The van der Waals surface area contributed by atoms with Gasteiger partial charge in [-0.1, -0.05) is 13.0 Å². The highest BCUT2D eigenvalue weighted by atomic mass is 32.2. The molecule has 0 bridgehead atoms. The Hall–Kier alpha value is -2.27. The molecule has 1 heterocycles. The van der Waals surface area contributed by atoms with Crippen LogP contribution in [-0.4, -0.2) is 38.8 Å². The van der Waals surface area contributed by atoms with Crippen LogP contribution >= 0.6 is 0 Å². The SMILES string of the molecule is CCOC(=O)[C@]1(C#N)[C@H](c2ccc3c(c2)OCO3)[C@H]1S(=O)(=O)CC. The fourth-order valence-electron chi connectivity index (χ4n) is 3.24. The quantitative estimate of drug-likeness (QED) is 0.739. The molecule has 1 aliphatic heterocycles. The number of sulfone groups is 1. The number of rotatable bonds is 5. The van der Waals surface area contributed by atoms with Crippen LogP contribution in [0.15, 0.2) is 18.2 Å². The van der Waals surface area contributed by atoms with Gasteiger partial charge >= 0.3 is 5.97 Å². The Labute approximate surface area is 140 Å². The van der Waals surface area contributed by atoms with Crippen LogP contribution in [0.25, 0.3) is 0 Å². The van der Waals surface area contributed by atoms with E-state index in [9.17, 15) is 18.5 Å². The molecular weight excluding hydrogens is 334 g/mol. The second kappa shape index (κ2) is 5.67. The number of carbonyl (C=O) groups is 1. The second-order valence-electron chi connectivity index (χ2n) is 5.66. The highest BCUT2D eigenvalue weighted by Gasteiger charge is 2.77. The summed E-state index contributed by atoms with van der Waals surface area (Å²) in [6.45, 7) is 3.28. The molecule has 3 rings (SSSR count). The van der Waals surface area contributed by atoms with Gasteiger partial charge in [-0.3, -0.25) is 4.79 Å². The van der Waals surface area contributed by atoms with Crippen molar-refractivity contribution in [3.63, 3.8) is 0 Å². The van der Waals surface area contributed by atoms with Gasteiger partial charge in [0.25, 0.3) is 0 Å². The number of hydrogen-bond acceptors (Lipinski definition) is 7. The van der Waals surface area contributed by atoms with Gasteiger partial charge in [0.2, 0.25) is 6.79 Å². The van der Waals surface area contributed by atoms with Crippen molar-refractivity contribution in [2.24, 2.45) is 5.41 Å². The third-order valence-electron chi connectivity index (χ3n) is 4.48. The van der Waals surface area contributed by atoms with Crippen LogP contribution in [0, 0.1) is 16.7 Å². The molecule has 1 aromatic rings. The van der Waals surface area contributed by atoms with E-state index in [-0.39, 0.29) is 19.2 Å². The number of nitriles is 1. The van der Waals surface area contributed by atoms with Crippen LogP contribution in [0.1, 0.15) is 25.3 Å². The largest absolute Gasteiger partial charge is 0.465 e. The van der Waals surface area contributed by atoms with Crippen molar-refractivity contribution in [3.8, 4) is 17.6 Å². The van der Waals surface area contributed by atoms with Crippen molar-refractivity contribution in [1.82, 2.24) is 0 Å². The maximum absolute atomic E-state index is 12.4. The lowest BCUT2D eigenvalue weighted by molar-refractivity contribution is -0.147. The first kappa shape index (κ1) is 16.6. The molecule has 7 nitrogen and oxygen atoms in total. The molecule has 0 aromatic heterocycles. The van der Waals surface area contributed by atoms with Crippen LogP contribution in [0.4, 0.5) is 0 Å². The van der Waals surface area contributed by atoms with Gasteiger partial charge in [0, 0.05) is 11.7 Å². The van der Waals surface area contributed by atoms with E-state index < -0.39 is 32.4 Å². The molecule has 1 aromatic carbocycles. The molecule has 0 unspecified atom stereocenters. The summed E-state index contributed by atoms with van der Waals surface area (Å²) < 4.78 is 40.4. The fraction of sp³-hybridized carbons (Fsp3) is 0.500. The van der Waals surface area contributed by atoms with Crippen molar-refractivity contribution in [1.29, 1.82) is 5.26 Å². The molecule has 2 aliphatic rings. The van der Waals surface area contributed by atoms with Crippen molar-refractivity contribution in [3.05, 3.63) is 23.8 Å². The fourth-order valence-corrected chi connectivity index (χ4v) is 5.17. The van der Waals surface area contributed by atoms with Gasteiger partial charge in [0.1, 0.15) is 5.25 Å². The number of carbonyl (C=O) groups excluding carboxylic acids is 1. The molecule has 8 heteroatoms. The van der Waals surface area contributed by atoms with E-state index in [4.69, 9.17) is 14.2 Å². The highest BCUT2D eigenvalue weighted by Crippen LogP contribution is 2.64. The molecule has 0 amide bonds. The lowest BCUT2D eigenvalue weighted by atomic mass is 10.0. The normalized spacial score (nSPS) is 27.4. The summed E-state index contributed by atoms with van der Waals surface area (Å²) in [5.41, 5.74) is -1.16. The van der Waals surface area contributed by atoms with Crippen molar-refractivity contribution in [2.45, 2.75) is 25.0 Å². The summed E-state index contributed by atoms with van der Waals surface area (Å²) in [7, 11) is -3.61. The summed E-state index contributed by atoms with van der Waals surface area (Å²) in [6, 6.07) is 6.86. The maximum atomic E-state index is 12.4. The Bertz CT molecular complexity index is 827. The minimum atomic E-state index is -3.61. The van der Waals surface area contributed by atoms with Crippen molar-refractivity contribution in [2.75, 3.05) is 19.2 Å². The van der Waals surface area contributed by atoms with Crippen LogP contribution in [0.3, 0.4) is 0 Å². The Morgan fingerprint density at radius 3 is 2.71 bits per heavy atom. The van der Waals surface area contributed by atoms with E-state index in [1.165, 1.54) is 6.92 Å². The lowest BCUT2D eigenvalue weighted by Gasteiger charge is -2.08. The predicted octanol–water partition coefficient (Wildman–Crippen LogP) is 1.39. The van der Waals surface area contributed by atoms with Gasteiger partial charge in [0.05, 0.1) is 12.7 Å². The van der Waals surface area contributed by atoms with E-state index >= 15 is 0 Å². The number of fused-ring (bicyclic) bond motifs is 1. The Kier molecular flexibility index (Phi) is 3.92. The molecule has 0 radical (unpaired) electrons. The molecule has 24 heavy (non-hydrogen) atoms. The Morgan fingerprint density at radius 1 is 1.38 bits per heavy atom. The summed E-state index contributed by atoms with van der Waals surface area (Å²) in [5, 5.41) is 8.53. The van der Waals surface area contributed by atoms with Crippen LogP contribution in [-0.2, 0) is 19.4 Å². The monoisotopic (exact) mass is 351 g/mol. The number of ether oxygens (including phenoxy) is 3. The third-order valence-corrected chi connectivity index (χ3v) is 6.70. The minimum absolute atomic E-state index is 0.0784. The predicted molar refractivity (Wildman–Crippen MR) is 83.2 cm³/mol. The Balaban J connectivity index is 2.07. The van der Waals surface area contributed by atoms with E-state index in [1.54, 1.807) is 25.1 Å². The van der Waals surface area contributed by atoms with E-state index in [1.807, 2.05) is 6.07 Å². The van der Waals surface area contributed by atoms with Gasteiger partial charge < -0.3 is 14.2 Å². The number of nitrogens with zero attached hydrogens (tertiary/aromatic N) is 1. The van der Waals surface area contributed by atoms with Gasteiger partial charge in [-0.2, -0.15) is 5.26 Å². The first-order valence-electron chi connectivity index (χ1n) is 7.62. The number of esters is 1. The zero-order chi connectivity index (χ0) is 17.5. The zero-order valence-corrected chi connectivity index (χ0v) is 14.1. The van der Waals surface area contributed by atoms with Gasteiger partial charge in [-0.05, 0) is 24.6 Å².